The average Bonchev–Trinajstić information content (AvgIpc) is 2.38. The Hall–Kier alpha value is -1.02. The quantitative estimate of drug-likeness (QED) is 0.765. The number of anilines is 1. The molecule has 2 nitrogen and oxygen atoms in total. The van der Waals surface area contributed by atoms with Gasteiger partial charge in [-0.15, -0.1) is 0 Å². The van der Waals surface area contributed by atoms with Gasteiger partial charge in [0.05, 0.1) is 0 Å². The summed E-state index contributed by atoms with van der Waals surface area (Å²) in [7, 11) is 0. The molecule has 0 spiro atoms. The Kier molecular flexibility index (Phi) is 4.23. The Morgan fingerprint density at radius 2 is 1.75 bits per heavy atom. The second-order valence-electron chi connectivity index (χ2n) is 4.33. The highest BCUT2D eigenvalue weighted by Gasteiger charge is 2.16. The third kappa shape index (κ3) is 2.99. The molecular formula is C14H21N2. The van der Waals surface area contributed by atoms with Crippen molar-refractivity contribution in [2.75, 3.05) is 31.1 Å². The Morgan fingerprint density at radius 1 is 1.06 bits per heavy atom. The smallest absolute Gasteiger partial charge is 0.0367 e. The molecule has 0 unspecified atom stereocenters. The van der Waals surface area contributed by atoms with Crippen LogP contribution in [0, 0.1) is 6.54 Å². The number of piperazine rings is 1. The van der Waals surface area contributed by atoms with Crippen LogP contribution in [0.5, 0.6) is 0 Å². The molecule has 1 heterocycles. The van der Waals surface area contributed by atoms with E-state index in [2.05, 4.69) is 53.6 Å². The minimum absolute atomic E-state index is 1.14. The zero-order valence-electron chi connectivity index (χ0n) is 10.1. The Labute approximate surface area is 98.9 Å². The largest absolute Gasteiger partial charge is 0.369 e. The maximum Gasteiger partial charge on any atom is 0.0367 e. The monoisotopic (exact) mass is 217 g/mol. The number of para-hydroxylation sites is 1. The maximum atomic E-state index is 2.47. The molecule has 2 heteroatoms. The Balaban J connectivity index is 1.81. The molecule has 0 atom stereocenters. The number of benzene rings is 1. The molecule has 2 rings (SSSR count). The van der Waals surface area contributed by atoms with Gasteiger partial charge in [-0.25, -0.2) is 0 Å². The second-order valence-corrected chi connectivity index (χ2v) is 4.33. The van der Waals surface area contributed by atoms with E-state index in [0.717, 1.165) is 26.2 Å². The lowest BCUT2D eigenvalue weighted by Gasteiger charge is -2.35. The summed E-state index contributed by atoms with van der Waals surface area (Å²) in [6.45, 7) is 9.21. The van der Waals surface area contributed by atoms with Crippen molar-refractivity contribution in [3.05, 3.63) is 36.9 Å². The van der Waals surface area contributed by atoms with E-state index in [1.54, 1.807) is 0 Å². The third-order valence-electron chi connectivity index (χ3n) is 3.11. The van der Waals surface area contributed by atoms with E-state index in [0.29, 0.717) is 0 Å². The van der Waals surface area contributed by atoms with Crippen molar-refractivity contribution in [3.63, 3.8) is 0 Å². The zero-order valence-corrected chi connectivity index (χ0v) is 10.1. The predicted molar refractivity (Wildman–Crippen MR) is 69.4 cm³/mol. The van der Waals surface area contributed by atoms with Gasteiger partial charge in [0.25, 0.3) is 0 Å². The van der Waals surface area contributed by atoms with Crippen molar-refractivity contribution in [1.82, 2.24) is 4.90 Å². The van der Waals surface area contributed by atoms with Gasteiger partial charge in [-0.2, -0.15) is 0 Å². The molecule has 0 amide bonds. The molecule has 0 aromatic heterocycles. The number of hydrogen-bond acceptors (Lipinski definition) is 2. The van der Waals surface area contributed by atoms with Crippen LogP contribution in [0.1, 0.15) is 19.8 Å². The highest BCUT2D eigenvalue weighted by Crippen LogP contribution is 2.16. The van der Waals surface area contributed by atoms with E-state index in [1.165, 1.54) is 18.5 Å². The minimum atomic E-state index is 1.14. The van der Waals surface area contributed by atoms with Crippen molar-refractivity contribution in [2.24, 2.45) is 0 Å². The van der Waals surface area contributed by atoms with Crippen LogP contribution in [0.25, 0.3) is 0 Å². The van der Waals surface area contributed by atoms with Gasteiger partial charge >= 0.3 is 0 Å². The molecule has 0 N–H and O–H groups in total. The minimum Gasteiger partial charge on any atom is -0.369 e. The van der Waals surface area contributed by atoms with E-state index < -0.39 is 0 Å². The van der Waals surface area contributed by atoms with Gasteiger partial charge in [-0.1, -0.05) is 31.5 Å². The summed E-state index contributed by atoms with van der Waals surface area (Å²) < 4.78 is 0. The Bertz CT molecular complexity index is 289. The van der Waals surface area contributed by atoms with Crippen LogP contribution in [0.2, 0.25) is 0 Å². The van der Waals surface area contributed by atoms with Crippen LogP contribution in [-0.4, -0.2) is 31.1 Å². The molecule has 1 aliphatic rings. The SMILES string of the molecule is CCC[CH]N1CCN(c2ccccc2)CC1. The third-order valence-corrected chi connectivity index (χ3v) is 3.11. The number of rotatable bonds is 4. The number of nitrogens with zero attached hydrogens (tertiary/aromatic N) is 2. The van der Waals surface area contributed by atoms with Gasteiger partial charge in [0.15, 0.2) is 0 Å². The summed E-state index contributed by atoms with van der Waals surface area (Å²) in [5.74, 6) is 0. The topological polar surface area (TPSA) is 6.48 Å². The van der Waals surface area contributed by atoms with Crippen molar-refractivity contribution in [1.29, 1.82) is 0 Å². The van der Waals surface area contributed by atoms with E-state index in [4.69, 9.17) is 0 Å². The molecule has 0 aliphatic carbocycles. The van der Waals surface area contributed by atoms with Crippen LogP contribution in [-0.2, 0) is 0 Å². The van der Waals surface area contributed by atoms with E-state index in [1.807, 2.05) is 0 Å². The normalized spacial score (nSPS) is 17.7. The lowest BCUT2D eigenvalue weighted by atomic mass is 10.2. The molecule has 16 heavy (non-hydrogen) atoms. The molecule has 0 bridgehead atoms. The molecule has 1 fully saturated rings. The van der Waals surface area contributed by atoms with Gasteiger partial charge in [-0.05, 0) is 18.6 Å². The fourth-order valence-corrected chi connectivity index (χ4v) is 2.11. The summed E-state index contributed by atoms with van der Waals surface area (Å²) in [5, 5.41) is 0. The summed E-state index contributed by atoms with van der Waals surface area (Å²) in [6.07, 6.45) is 2.46. The molecule has 0 saturated carbocycles. The average molecular weight is 217 g/mol. The van der Waals surface area contributed by atoms with Crippen LogP contribution in [0.4, 0.5) is 5.69 Å². The zero-order chi connectivity index (χ0) is 11.2. The van der Waals surface area contributed by atoms with Crippen molar-refractivity contribution in [2.45, 2.75) is 19.8 Å². The van der Waals surface area contributed by atoms with Gasteiger partial charge < -0.3 is 4.90 Å². The van der Waals surface area contributed by atoms with Gasteiger partial charge in [0, 0.05) is 38.4 Å². The summed E-state index contributed by atoms with van der Waals surface area (Å²) in [5.41, 5.74) is 1.36. The lowest BCUT2D eigenvalue weighted by Crippen LogP contribution is -2.45. The van der Waals surface area contributed by atoms with E-state index in [9.17, 15) is 0 Å². The van der Waals surface area contributed by atoms with Crippen LogP contribution >= 0.6 is 0 Å². The molecule has 1 aromatic rings. The fraction of sp³-hybridized carbons (Fsp3) is 0.500. The second kappa shape index (κ2) is 5.90. The van der Waals surface area contributed by atoms with Crippen LogP contribution < -0.4 is 4.90 Å². The van der Waals surface area contributed by atoms with Crippen molar-refractivity contribution in [3.8, 4) is 0 Å². The highest BCUT2D eigenvalue weighted by atomic mass is 15.3. The first-order valence-corrected chi connectivity index (χ1v) is 6.27. The maximum absolute atomic E-state index is 2.47. The molecule has 87 valence electrons. The fourth-order valence-electron chi connectivity index (χ4n) is 2.11. The Morgan fingerprint density at radius 3 is 2.38 bits per heavy atom. The molecular weight excluding hydrogens is 196 g/mol. The van der Waals surface area contributed by atoms with Gasteiger partial charge in [0.1, 0.15) is 0 Å². The molecule has 1 radical (unpaired) electrons. The molecule has 1 aliphatic heterocycles. The van der Waals surface area contributed by atoms with Crippen molar-refractivity contribution >= 4 is 5.69 Å². The van der Waals surface area contributed by atoms with Crippen LogP contribution in [0.3, 0.4) is 0 Å². The van der Waals surface area contributed by atoms with E-state index in [-0.39, 0.29) is 0 Å². The molecule has 1 aromatic carbocycles. The number of hydrogen-bond donors (Lipinski definition) is 0. The van der Waals surface area contributed by atoms with Gasteiger partial charge in [0.2, 0.25) is 0 Å². The van der Waals surface area contributed by atoms with Gasteiger partial charge in [-0.3, -0.25) is 4.90 Å². The van der Waals surface area contributed by atoms with Crippen LogP contribution in [0.15, 0.2) is 30.3 Å². The highest BCUT2D eigenvalue weighted by molar-refractivity contribution is 5.46. The first-order valence-electron chi connectivity index (χ1n) is 6.27. The lowest BCUT2D eigenvalue weighted by molar-refractivity contribution is 0.303. The summed E-state index contributed by atoms with van der Waals surface area (Å²) >= 11 is 0. The standard InChI is InChI=1S/C14H21N2/c1-2-3-9-15-10-12-16(13-11-15)14-7-5-4-6-8-14/h4-9H,2-3,10-13H2,1H3. The van der Waals surface area contributed by atoms with E-state index >= 15 is 0 Å². The first kappa shape index (κ1) is 11.5. The van der Waals surface area contributed by atoms with Crippen molar-refractivity contribution < 1.29 is 0 Å². The summed E-state index contributed by atoms with van der Waals surface area (Å²) in [6, 6.07) is 10.7. The number of unbranched alkanes of at least 4 members (excludes halogenated alkanes) is 1. The predicted octanol–water partition coefficient (Wildman–Crippen LogP) is 2.77. The first-order chi connectivity index (χ1) is 7.90. The summed E-state index contributed by atoms with van der Waals surface area (Å²) in [4.78, 5) is 4.93. The molecule has 1 saturated heterocycles.